The number of rotatable bonds is 5. The van der Waals surface area contributed by atoms with Crippen molar-refractivity contribution in [2.75, 3.05) is 32.8 Å². The van der Waals surface area contributed by atoms with Crippen LogP contribution in [0.15, 0.2) is 24.3 Å². The van der Waals surface area contributed by atoms with Crippen molar-refractivity contribution in [2.24, 2.45) is 0 Å². The third-order valence-corrected chi connectivity index (χ3v) is 4.96. The van der Waals surface area contributed by atoms with Gasteiger partial charge in [0.25, 0.3) is 0 Å². The molecule has 3 atom stereocenters. The highest BCUT2D eigenvalue weighted by atomic mass is 16.5. The number of nitrogens with one attached hydrogen (secondary N) is 1. The Labute approximate surface area is 144 Å². The molecule has 5 heteroatoms. The lowest BCUT2D eigenvalue weighted by molar-refractivity contribution is -0.143. The van der Waals surface area contributed by atoms with Crippen molar-refractivity contribution >= 4 is 5.91 Å². The molecule has 0 aromatic heterocycles. The van der Waals surface area contributed by atoms with Crippen molar-refractivity contribution in [3.8, 4) is 0 Å². The lowest BCUT2D eigenvalue weighted by Crippen LogP contribution is -2.51. The first-order valence-electron chi connectivity index (χ1n) is 8.94. The summed E-state index contributed by atoms with van der Waals surface area (Å²) in [4.78, 5) is 14.6. The standard InChI is InChI=1S/C19H28N2O3/c1-14-6-3-4-8-17(14)18-12-21(15(2)13-24-18)19(22)11-20-10-16-7-5-9-23-16/h3-4,6,8,15-16,18,20H,5,7,9-13H2,1-2H3/t15-,16-,18-/m0/s1. The lowest BCUT2D eigenvalue weighted by atomic mass is 10.0. The van der Waals surface area contributed by atoms with E-state index in [4.69, 9.17) is 9.47 Å². The normalized spacial score (nSPS) is 27.4. The van der Waals surface area contributed by atoms with Crippen molar-refractivity contribution in [2.45, 2.75) is 44.9 Å². The van der Waals surface area contributed by atoms with E-state index in [0.717, 1.165) is 26.0 Å². The van der Waals surface area contributed by atoms with Crippen LogP contribution in [0.5, 0.6) is 0 Å². The number of hydrogen-bond donors (Lipinski definition) is 1. The number of amides is 1. The zero-order valence-corrected chi connectivity index (χ0v) is 14.7. The van der Waals surface area contributed by atoms with Gasteiger partial charge >= 0.3 is 0 Å². The minimum Gasteiger partial charge on any atom is -0.377 e. The van der Waals surface area contributed by atoms with Crippen LogP contribution in [0.3, 0.4) is 0 Å². The summed E-state index contributed by atoms with van der Waals surface area (Å²) >= 11 is 0. The van der Waals surface area contributed by atoms with Gasteiger partial charge in [0.2, 0.25) is 5.91 Å². The zero-order chi connectivity index (χ0) is 16.9. The molecule has 2 fully saturated rings. The van der Waals surface area contributed by atoms with E-state index in [9.17, 15) is 4.79 Å². The molecule has 1 aromatic carbocycles. The molecule has 0 unspecified atom stereocenters. The zero-order valence-electron chi connectivity index (χ0n) is 14.7. The highest BCUT2D eigenvalue weighted by Crippen LogP contribution is 2.27. The summed E-state index contributed by atoms with van der Waals surface area (Å²) in [7, 11) is 0. The molecule has 2 aliphatic rings. The average molecular weight is 332 g/mol. The van der Waals surface area contributed by atoms with Gasteiger partial charge in [0, 0.05) is 13.2 Å². The molecule has 0 bridgehead atoms. The van der Waals surface area contributed by atoms with Crippen LogP contribution in [0, 0.1) is 6.92 Å². The Bertz CT molecular complexity index is 557. The van der Waals surface area contributed by atoms with E-state index >= 15 is 0 Å². The fourth-order valence-corrected chi connectivity index (χ4v) is 3.49. The summed E-state index contributed by atoms with van der Waals surface area (Å²) in [6.07, 6.45) is 2.44. The van der Waals surface area contributed by atoms with Crippen molar-refractivity contribution in [3.63, 3.8) is 0 Å². The van der Waals surface area contributed by atoms with E-state index in [1.165, 1.54) is 11.1 Å². The van der Waals surface area contributed by atoms with Gasteiger partial charge in [-0.1, -0.05) is 24.3 Å². The van der Waals surface area contributed by atoms with Gasteiger partial charge in [-0.25, -0.2) is 0 Å². The Hall–Kier alpha value is -1.43. The molecule has 2 heterocycles. The van der Waals surface area contributed by atoms with E-state index in [1.54, 1.807) is 0 Å². The minimum atomic E-state index is -0.0375. The predicted octanol–water partition coefficient (Wildman–Crippen LogP) is 2.05. The Morgan fingerprint density at radius 2 is 2.17 bits per heavy atom. The smallest absolute Gasteiger partial charge is 0.236 e. The molecule has 2 aliphatic heterocycles. The molecule has 132 valence electrons. The first kappa shape index (κ1) is 17.4. The van der Waals surface area contributed by atoms with Crippen molar-refractivity contribution in [3.05, 3.63) is 35.4 Å². The summed E-state index contributed by atoms with van der Waals surface area (Å²) in [6.45, 7) is 7.30. The quantitative estimate of drug-likeness (QED) is 0.897. The van der Waals surface area contributed by atoms with Gasteiger partial charge in [-0.15, -0.1) is 0 Å². The van der Waals surface area contributed by atoms with Crippen molar-refractivity contribution in [1.29, 1.82) is 0 Å². The highest BCUT2D eigenvalue weighted by Gasteiger charge is 2.30. The summed E-state index contributed by atoms with van der Waals surface area (Å²) in [5, 5.41) is 3.25. The van der Waals surface area contributed by atoms with E-state index in [0.29, 0.717) is 19.7 Å². The molecular formula is C19H28N2O3. The minimum absolute atomic E-state index is 0.0375. The maximum atomic E-state index is 12.6. The Balaban J connectivity index is 1.55. The molecule has 0 aliphatic carbocycles. The SMILES string of the molecule is Cc1ccccc1[C@@H]1CN(C(=O)CNC[C@@H]2CCCO2)[C@@H](C)CO1. The monoisotopic (exact) mass is 332 g/mol. The average Bonchev–Trinajstić information content (AvgIpc) is 3.09. The number of carbonyl (C=O) groups is 1. The highest BCUT2D eigenvalue weighted by molar-refractivity contribution is 5.78. The predicted molar refractivity (Wildman–Crippen MR) is 92.9 cm³/mol. The Kier molecular flexibility index (Phi) is 5.87. The third-order valence-electron chi connectivity index (χ3n) is 4.96. The fraction of sp³-hybridized carbons (Fsp3) is 0.632. The summed E-state index contributed by atoms with van der Waals surface area (Å²) < 4.78 is 11.6. The van der Waals surface area contributed by atoms with Gasteiger partial charge in [0.15, 0.2) is 0 Å². The van der Waals surface area contributed by atoms with Crippen LogP contribution >= 0.6 is 0 Å². The maximum absolute atomic E-state index is 12.6. The molecule has 3 rings (SSSR count). The second-order valence-electron chi connectivity index (χ2n) is 6.84. The molecule has 0 radical (unpaired) electrons. The van der Waals surface area contributed by atoms with Crippen LogP contribution in [0.25, 0.3) is 0 Å². The molecule has 1 aromatic rings. The van der Waals surface area contributed by atoms with Crippen LogP contribution in [0.4, 0.5) is 0 Å². The second-order valence-corrected chi connectivity index (χ2v) is 6.84. The van der Waals surface area contributed by atoms with Crippen molar-refractivity contribution in [1.82, 2.24) is 10.2 Å². The van der Waals surface area contributed by atoms with Gasteiger partial charge in [-0.2, -0.15) is 0 Å². The molecule has 5 nitrogen and oxygen atoms in total. The number of morpholine rings is 1. The maximum Gasteiger partial charge on any atom is 0.236 e. The first-order chi connectivity index (χ1) is 11.6. The first-order valence-corrected chi connectivity index (χ1v) is 8.94. The van der Waals surface area contributed by atoms with Gasteiger partial charge in [-0.05, 0) is 37.8 Å². The number of ether oxygens (including phenoxy) is 2. The Morgan fingerprint density at radius 3 is 2.92 bits per heavy atom. The Morgan fingerprint density at radius 1 is 1.33 bits per heavy atom. The van der Waals surface area contributed by atoms with Crippen LogP contribution in [-0.4, -0.2) is 55.8 Å². The molecule has 1 amide bonds. The molecule has 0 spiro atoms. The molecule has 1 N–H and O–H groups in total. The van der Waals surface area contributed by atoms with Gasteiger partial charge < -0.3 is 19.7 Å². The van der Waals surface area contributed by atoms with E-state index < -0.39 is 0 Å². The number of aryl methyl sites for hydroxylation is 1. The van der Waals surface area contributed by atoms with E-state index in [-0.39, 0.29) is 24.2 Å². The van der Waals surface area contributed by atoms with Gasteiger partial charge in [-0.3, -0.25) is 4.79 Å². The van der Waals surface area contributed by atoms with Crippen LogP contribution in [0.2, 0.25) is 0 Å². The molecular weight excluding hydrogens is 304 g/mol. The second kappa shape index (κ2) is 8.10. The topological polar surface area (TPSA) is 50.8 Å². The lowest BCUT2D eigenvalue weighted by Gasteiger charge is -2.38. The van der Waals surface area contributed by atoms with Crippen molar-refractivity contribution < 1.29 is 14.3 Å². The molecule has 0 saturated carbocycles. The summed E-state index contributed by atoms with van der Waals surface area (Å²) in [5.74, 6) is 0.141. The van der Waals surface area contributed by atoms with E-state index in [2.05, 4.69) is 24.4 Å². The number of benzene rings is 1. The molecule has 2 saturated heterocycles. The van der Waals surface area contributed by atoms with Gasteiger partial charge in [0.05, 0.1) is 31.8 Å². The van der Waals surface area contributed by atoms with Crippen LogP contribution in [0.1, 0.15) is 37.0 Å². The summed E-state index contributed by atoms with van der Waals surface area (Å²) in [6, 6.07) is 8.35. The van der Waals surface area contributed by atoms with Crippen LogP contribution in [-0.2, 0) is 14.3 Å². The molecule has 24 heavy (non-hydrogen) atoms. The van der Waals surface area contributed by atoms with E-state index in [1.807, 2.05) is 24.0 Å². The van der Waals surface area contributed by atoms with Crippen LogP contribution < -0.4 is 5.32 Å². The fourth-order valence-electron chi connectivity index (χ4n) is 3.49. The van der Waals surface area contributed by atoms with Gasteiger partial charge in [0.1, 0.15) is 6.10 Å². The number of carbonyl (C=O) groups excluding carboxylic acids is 1. The summed E-state index contributed by atoms with van der Waals surface area (Å²) in [5.41, 5.74) is 2.38. The number of hydrogen-bond acceptors (Lipinski definition) is 4. The third kappa shape index (κ3) is 4.15. The largest absolute Gasteiger partial charge is 0.377 e. The number of nitrogens with zero attached hydrogens (tertiary/aromatic N) is 1.